The molecule has 0 aromatic heterocycles. The minimum Gasteiger partial charge on any atom is -0.423 e. The lowest BCUT2D eigenvalue weighted by molar-refractivity contribution is -0.122. The second kappa shape index (κ2) is 7.27. The van der Waals surface area contributed by atoms with Gasteiger partial charge < -0.3 is 4.74 Å². The molecule has 6 heteroatoms. The fourth-order valence-electron chi connectivity index (χ4n) is 3.86. The third-order valence-electron chi connectivity index (χ3n) is 5.21. The number of fused-ring (bicyclic) bond motifs is 1. The molecule has 1 aliphatic heterocycles. The Balaban J connectivity index is 1.57. The van der Waals surface area contributed by atoms with Crippen LogP contribution in [0.25, 0.3) is 0 Å². The Labute approximate surface area is 165 Å². The SMILES string of the molecule is O=C(Oc1ccc(Br)cc1)c1cccc(N2C(=O)[C@H]3CCCC[C@H]3C2=O)c1. The van der Waals surface area contributed by atoms with E-state index in [9.17, 15) is 14.4 Å². The van der Waals surface area contributed by atoms with Gasteiger partial charge in [0.25, 0.3) is 0 Å². The van der Waals surface area contributed by atoms with E-state index in [4.69, 9.17) is 4.74 Å². The van der Waals surface area contributed by atoms with Crippen LogP contribution in [-0.4, -0.2) is 17.8 Å². The first-order chi connectivity index (χ1) is 13.0. The van der Waals surface area contributed by atoms with Crippen molar-refractivity contribution in [3.8, 4) is 5.75 Å². The van der Waals surface area contributed by atoms with Gasteiger partial charge in [-0.05, 0) is 55.3 Å². The van der Waals surface area contributed by atoms with Gasteiger partial charge in [0.15, 0.2) is 0 Å². The zero-order valence-corrected chi connectivity index (χ0v) is 16.1. The molecule has 0 unspecified atom stereocenters. The molecule has 1 saturated carbocycles. The minimum atomic E-state index is -0.532. The van der Waals surface area contributed by atoms with Crippen molar-refractivity contribution in [3.05, 3.63) is 58.6 Å². The van der Waals surface area contributed by atoms with Crippen LogP contribution in [0.4, 0.5) is 5.69 Å². The first kappa shape index (κ1) is 17.9. The van der Waals surface area contributed by atoms with Crippen molar-refractivity contribution in [1.29, 1.82) is 0 Å². The summed E-state index contributed by atoms with van der Waals surface area (Å²) < 4.78 is 6.26. The van der Waals surface area contributed by atoms with Crippen LogP contribution < -0.4 is 9.64 Å². The lowest BCUT2D eigenvalue weighted by atomic mass is 9.81. The van der Waals surface area contributed by atoms with Gasteiger partial charge in [0.1, 0.15) is 5.75 Å². The van der Waals surface area contributed by atoms with E-state index in [0.717, 1.165) is 30.2 Å². The van der Waals surface area contributed by atoms with Gasteiger partial charge in [0.05, 0.1) is 23.1 Å². The molecule has 1 aliphatic carbocycles. The number of benzene rings is 2. The van der Waals surface area contributed by atoms with Crippen molar-refractivity contribution in [2.75, 3.05) is 4.90 Å². The first-order valence-electron chi connectivity index (χ1n) is 9.00. The third kappa shape index (κ3) is 3.41. The van der Waals surface area contributed by atoms with E-state index in [-0.39, 0.29) is 23.7 Å². The van der Waals surface area contributed by atoms with Gasteiger partial charge in [0, 0.05) is 4.47 Å². The number of imide groups is 1. The number of hydrogen-bond acceptors (Lipinski definition) is 4. The summed E-state index contributed by atoms with van der Waals surface area (Å²) in [7, 11) is 0. The highest BCUT2D eigenvalue weighted by molar-refractivity contribution is 9.10. The van der Waals surface area contributed by atoms with Crippen molar-refractivity contribution < 1.29 is 19.1 Å². The normalized spacial score (nSPS) is 21.9. The number of carbonyl (C=O) groups excluding carboxylic acids is 3. The molecule has 4 rings (SSSR count). The zero-order valence-electron chi connectivity index (χ0n) is 14.6. The van der Waals surface area contributed by atoms with E-state index in [1.807, 2.05) is 0 Å². The highest BCUT2D eigenvalue weighted by Gasteiger charge is 2.48. The number of halogens is 1. The molecule has 5 nitrogen and oxygen atoms in total. The Morgan fingerprint density at radius 1 is 0.963 bits per heavy atom. The maximum atomic E-state index is 12.7. The summed E-state index contributed by atoms with van der Waals surface area (Å²) in [6.07, 6.45) is 3.48. The van der Waals surface area contributed by atoms with Crippen LogP contribution in [0.5, 0.6) is 5.75 Å². The third-order valence-corrected chi connectivity index (χ3v) is 5.73. The molecule has 0 bridgehead atoms. The second-order valence-electron chi connectivity index (χ2n) is 6.90. The molecule has 0 spiro atoms. The van der Waals surface area contributed by atoms with E-state index < -0.39 is 5.97 Å². The largest absolute Gasteiger partial charge is 0.423 e. The van der Waals surface area contributed by atoms with Gasteiger partial charge >= 0.3 is 5.97 Å². The molecule has 138 valence electrons. The van der Waals surface area contributed by atoms with Crippen LogP contribution in [0.3, 0.4) is 0 Å². The van der Waals surface area contributed by atoms with Crippen LogP contribution in [-0.2, 0) is 9.59 Å². The Hall–Kier alpha value is -2.47. The van der Waals surface area contributed by atoms with Gasteiger partial charge in [-0.3, -0.25) is 14.5 Å². The molecule has 2 atom stereocenters. The standard InChI is InChI=1S/C21H18BrNO4/c22-14-8-10-16(11-9-14)27-21(26)13-4-3-5-15(12-13)23-19(24)17-6-1-2-7-18(17)20(23)25/h3-5,8-12,17-18H,1-2,6-7H2/t17-,18+. The number of esters is 1. The lowest BCUT2D eigenvalue weighted by Crippen LogP contribution is -2.31. The van der Waals surface area contributed by atoms with E-state index in [2.05, 4.69) is 15.9 Å². The molecular formula is C21H18BrNO4. The van der Waals surface area contributed by atoms with Crippen LogP contribution in [0.15, 0.2) is 53.0 Å². The fraction of sp³-hybridized carbons (Fsp3) is 0.286. The number of amides is 2. The van der Waals surface area contributed by atoms with E-state index >= 15 is 0 Å². The smallest absolute Gasteiger partial charge is 0.343 e. The molecule has 0 N–H and O–H groups in total. The van der Waals surface area contributed by atoms with E-state index in [1.54, 1.807) is 48.5 Å². The molecule has 2 aromatic carbocycles. The van der Waals surface area contributed by atoms with Crippen molar-refractivity contribution >= 4 is 39.4 Å². The summed E-state index contributed by atoms with van der Waals surface area (Å²) in [5, 5.41) is 0. The maximum Gasteiger partial charge on any atom is 0.343 e. The van der Waals surface area contributed by atoms with Crippen molar-refractivity contribution in [3.63, 3.8) is 0 Å². The second-order valence-corrected chi connectivity index (χ2v) is 7.82. The van der Waals surface area contributed by atoms with E-state index in [0.29, 0.717) is 17.0 Å². The predicted molar refractivity (Wildman–Crippen MR) is 103 cm³/mol. The highest BCUT2D eigenvalue weighted by atomic mass is 79.9. The number of hydrogen-bond donors (Lipinski definition) is 0. The summed E-state index contributed by atoms with van der Waals surface area (Å²) in [6.45, 7) is 0. The van der Waals surface area contributed by atoms with Crippen molar-refractivity contribution in [2.24, 2.45) is 11.8 Å². The van der Waals surface area contributed by atoms with Gasteiger partial charge in [-0.2, -0.15) is 0 Å². The number of rotatable bonds is 3. The number of ether oxygens (including phenoxy) is 1. The zero-order chi connectivity index (χ0) is 19.0. The monoisotopic (exact) mass is 427 g/mol. The van der Waals surface area contributed by atoms with Crippen molar-refractivity contribution in [1.82, 2.24) is 0 Å². The maximum absolute atomic E-state index is 12.7. The Kier molecular flexibility index (Phi) is 4.83. The van der Waals surface area contributed by atoms with Crippen LogP contribution >= 0.6 is 15.9 Å². The minimum absolute atomic E-state index is 0.150. The molecule has 2 aromatic rings. The van der Waals surface area contributed by atoms with Gasteiger partial charge in [-0.15, -0.1) is 0 Å². The highest BCUT2D eigenvalue weighted by Crippen LogP contribution is 2.40. The van der Waals surface area contributed by atoms with Crippen LogP contribution in [0.2, 0.25) is 0 Å². The summed E-state index contributed by atoms with van der Waals surface area (Å²) in [6, 6.07) is 13.4. The molecule has 27 heavy (non-hydrogen) atoms. The molecule has 0 radical (unpaired) electrons. The molecule has 1 saturated heterocycles. The van der Waals surface area contributed by atoms with Crippen LogP contribution in [0.1, 0.15) is 36.0 Å². The quantitative estimate of drug-likeness (QED) is 0.414. The molecule has 2 amide bonds. The Bertz CT molecular complexity index is 885. The van der Waals surface area contributed by atoms with Gasteiger partial charge in [-0.1, -0.05) is 34.8 Å². The lowest BCUT2D eigenvalue weighted by Gasteiger charge is -2.19. The average molecular weight is 428 g/mol. The number of carbonyl (C=O) groups is 3. The number of nitrogens with zero attached hydrogens (tertiary/aromatic N) is 1. The topological polar surface area (TPSA) is 63.7 Å². The summed E-state index contributed by atoms with van der Waals surface area (Å²) in [4.78, 5) is 39.2. The number of anilines is 1. The molecular weight excluding hydrogens is 410 g/mol. The summed E-state index contributed by atoms with van der Waals surface area (Å²) in [5.74, 6) is -0.843. The molecule has 2 fully saturated rings. The fourth-order valence-corrected chi connectivity index (χ4v) is 4.12. The Morgan fingerprint density at radius 3 is 2.22 bits per heavy atom. The predicted octanol–water partition coefficient (Wildman–Crippen LogP) is 4.35. The van der Waals surface area contributed by atoms with Gasteiger partial charge in [-0.25, -0.2) is 4.79 Å². The molecule has 2 aliphatic rings. The van der Waals surface area contributed by atoms with Gasteiger partial charge in [0.2, 0.25) is 11.8 Å². The van der Waals surface area contributed by atoms with E-state index in [1.165, 1.54) is 4.90 Å². The Morgan fingerprint density at radius 2 is 1.59 bits per heavy atom. The summed E-state index contributed by atoms with van der Waals surface area (Å²) >= 11 is 3.33. The average Bonchev–Trinajstić information content (AvgIpc) is 2.95. The van der Waals surface area contributed by atoms with Crippen molar-refractivity contribution in [2.45, 2.75) is 25.7 Å². The summed E-state index contributed by atoms with van der Waals surface area (Å²) in [5.41, 5.74) is 0.732. The molecule has 1 heterocycles. The van der Waals surface area contributed by atoms with Crippen LogP contribution in [0, 0.1) is 11.8 Å². The first-order valence-corrected chi connectivity index (χ1v) is 9.79.